The van der Waals surface area contributed by atoms with Gasteiger partial charge >= 0.3 is 5.97 Å². The van der Waals surface area contributed by atoms with Crippen LogP contribution in [0.2, 0.25) is 0 Å². The molecule has 0 aromatic rings. The molecule has 0 aromatic carbocycles. The van der Waals surface area contributed by atoms with E-state index in [9.17, 15) is 4.79 Å². The highest BCUT2D eigenvalue weighted by atomic mass is 16.4. The van der Waals surface area contributed by atoms with Crippen molar-refractivity contribution in [3.63, 3.8) is 0 Å². The van der Waals surface area contributed by atoms with E-state index in [0.717, 1.165) is 12.8 Å². The molecule has 0 aliphatic rings. The van der Waals surface area contributed by atoms with Crippen LogP contribution in [0.3, 0.4) is 0 Å². The second-order valence-corrected chi connectivity index (χ2v) is 3.07. The fourth-order valence-corrected chi connectivity index (χ4v) is 1.01. The van der Waals surface area contributed by atoms with Crippen molar-refractivity contribution in [3.05, 3.63) is 0 Å². The average molecular weight is 208 g/mol. The van der Waals surface area contributed by atoms with E-state index in [0.29, 0.717) is 5.92 Å². The van der Waals surface area contributed by atoms with Gasteiger partial charge in [-0.2, -0.15) is 0 Å². The molecule has 1 atom stereocenters. The van der Waals surface area contributed by atoms with Crippen LogP contribution in [0.5, 0.6) is 0 Å². The third kappa shape index (κ3) is 14.0. The van der Waals surface area contributed by atoms with Gasteiger partial charge in [-0.1, -0.05) is 50.5 Å². The van der Waals surface area contributed by atoms with Gasteiger partial charge in [-0.05, 0) is 18.8 Å². The fraction of sp³-hybridized carbons (Fsp3) is 0.917. The summed E-state index contributed by atoms with van der Waals surface area (Å²) >= 11 is 0. The molecule has 2 heteroatoms. The summed E-state index contributed by atoms with van der Waals surface area (Å²) in [5.41, 5.74) is 0. The molecule has 0 rings (SSSR count). The van der Waals surface area contributed by atoms with Crippen LogP contribution in [0, 0.1) is 11.8 Å². The Kier molecular flexibility index (Phi) is 31.2. The monoisotopic (exact) mass is 208 g/mol. The standard InChI is InChI=1S/C8H16O2.4CH4/c1-4-7(8(9)10)5-6(2)3;;;;/h6-7H,4-5H2,1-3H3,(H,9,10);4*1H4. The van der Waals surface area contributed by atoms with E-state index in [4.69, 9.17) is 5.11 Å². The summed E-state index contributed by atoms with van der Waals surface area (Å²) in [6, 6.07) is 0. The minimum absolute atomic E-state index is 0. The second-order valence-electron chi connectivity index (χ2n) is 3.07. The van der Waals surface area contributed by atoms with Crippen LogP contribution in [-0.4, -0.2) is 11.1 Å². The molecule has 0 saturated heterocycles. The van der Waals surface area contributed by atoms with Crippen LogP contribution in [0.15, 0.2) is 0 Å². The lowest BCUT2D eigenvalue weighted by atomic mass is 9.95. The summed E-state index contributed by atoms with van der Waals surface area (Å²) < 4.78 is 0. The van der Waals surface area contributed by atoms with E-state index in [-0.39, 0.29) is 35.6 Å². The van der Waals surface area contributed by atoms with Crippen molar-refractivity contribution in [2.45, 2.75) is 63.3 Å². The number of carboxylic acid groups (broad SMARTS) is 1. The highest BCUT2D eigenvalue weighted by Crippen LogP contribution is 2.14. The molecule has 0 aliphatic heterocycles. The lowest BCUT2D eigenvalue weighted by molar-refractivity contribution is -0.142. The zero-order valence-corrected chi connectivity index (χ0v) is 6.92. The first-order chi connectivity index (χ1) is 4.57. The van der Waals surface area contributed by atoms with E-state index in [2.05, 4.69) is 0 Å². The summed E-state index contributed by atoms with van der Waals surface area (Å²) in [6.07, 6.45) is 1.54. The van der Waals surface area contributed by atoms with Gasteiger partial charge in [0.05, 0.1) is 5.92 Å². The fourth-order valence-electron chi connectivity index (χ4n) is 1.01. The quantitative estimate of drug-likeness (QED) is 0.728. The van der Waals surface area contributed by atoms with Crippen molar-refractivity contribution < 1.29 is 9.90 Å². The predicted molar refractivity (Wildman–Crippen MR) is 67.8 cm³/mol. The Morgan fingerprint density at radius 2 is 1.50 bits per heavy atom. The highest BCUT2D eigenvalue weighted by molar-refractivity contribution is 5.69. The molecule has 2 nitrogen and oxygen atoms in total. The summed E-state index contributed by atoms with van der Waals surface area (Å²) in [5.74, 6) is -0.308. The molecule has 14 heavy (non-hydrogen) atoms. The van der Waals surface area contributed by atoms with Crippen LogP contribution in [0.25, 0.3) is 0 Å². The normalized spacial score (nSPS) is 9.71. The highest BCUT2D eigenvalue weighted by Gasteiger charge is 2.15. The van der Waals surface area contributed by atoms with Crippen molar-refractivity contribution >= 4 is 5.97 Å². The average Bonchev–Trinajstić information content (AvgIpc) is 1.81. The summed E-state index contributed by atoms with van der Waals surface area (Å²) in [5, 5.41) is 8.62. The largest absolute Gasteiger partial charge is 0.481 e. The number of aliphatic carboxylic acids is 1. The molecule has 0 aromatic heterocycles. The second kappa shape index (κ2) is 15.0. The van der Waals surface area contributed by atoms with Crippen molar-refractivity contribution in [2.75, 3.05) is 0 Å². The van der Waals surface area contributed by atoms with Crippen LogP contribution in [-0.2, 0) is 4.79 Å². The molecule has 0 spiro atoms. The van der Waals surface area contributed by atoms with Crippen LogP contribution < -0.4 is 0 Å². The minimum atomic E-state index is -0.656. The molecule has 0 saturated carbocycles. The van der Waals surface area contributed by atoms with E-state index in [1.165, 1.54) is 0 Å². The first-order valence-electron chi connectivity index (χ1n) is 3.80. The first-order valence-corrected chi connectivity index (χ1v) is 3.80. The van der Waals surface area contributed by atoms with Crippen LogP contribution >= 0.6 is 0 Å². The topological polar surface area (TPSA) is 37.3 Å². The smallest absolute Gasteiger partial charge is 0.306 e. The predicted octanol–water partition coefficient (Wildman–Crippen LogP) is 4.69. The summed E-state index contributed by atoms with van der Waals surface area (Å²) in [7, 11) is 0. The Morgan fingerprint density at radius 3 is 1.57 bits per heavy atom. The molecule has 92 valence electrons. The number of hydrogen-bond donors (Lipinski definition) is 1. The summed E-state index contributed by atoms with van der Waals surface area (Å²) in [4.78, 5) is 10.5. The number of rotatable bonds is 4. The van der Waals surface area contributed by atoms with Gasteiger partial charge in [0.15, 0.2) is 0 Å². The van der Waals surface area contributed by atoms with Gasteiger partial charge in [-0.15, -0.1) is 0 Å². The Bertz CT molecular complexity index is 109. The number of hydrogen-bond acceptors (Lipinski definition) is 1. The van der Waals surface area contributed by atoms with Gasteiger partial charge in [-0.25, -0.2) is 0 Å². The molecule has 0 fully saturated rings. The Balaban J connectivity index is -0.0000000675. The maximum absolute atomic E-state index is 10.5. The van der Waals surface area contributed by atoms with Gasteiger partial charge < -0.3 is 5.11 Å². The van der Waals surface area contributed by atoms with Gasteiger partial charge in [-0.3, -0.25) is 4.79 Å². The van der Waals surface area contributed by atoms with Crippen molar-refractivity contribution in [2.24, 2.45) is 11.8 Å². The third-order valence-corrected chi connectivity index (χ3v) is 1.60. The zero-order chi connectivity index (χ0) is 8.15. The van der Waals surface area contributed by atoms with E-state index in [1.807, 2.05) is 20.8 Å². The molecular weight excluding hydrogens is 176 g/mol. The molecular formula is C12H32O2. The van der Waals surface area contributed by atoms with Gasteiger partial charge in [0.1, 0.15) is 0 Å². The van der Waals surface area contributed by atoms with E-state index < -0.39 is 5.97 Å². The van der Waals surface area contributed by atoms with Crippen molar-refractivity contribution in [1.82, 2.24) is 0 Å². The first kappa shape index (κ1) is 29.2. The SMILES string of the molecule is C.C.C.C.CCC(CC(C)C)C(=O)O. The van der Waals surface area contributed by atoms with Crippen LogP contribution in [0.1, 0.15) is 63.3 Å². The van der Waals surface area contributed by atoms with Crippen LogP contribution in [0.4, 0.5) is 0 Å². The molecule has 1 N–H and O–H groups in total. The van der Waals surface area contributed by atoms with E-state index in [1.54, 1.807) is 0 Å². The molecule has 1 unspecified atom stereocenters. The Morgan fingerprint density at radius 1 is 1.14 bits per heavy atom. The lowest BCUT2D eigenvalue weighted by Crippen LogP contribution is -2.14. The third-order valence-electron chi connectivity index (χ3n) is 1.60. The number of carboxylic acids is 1. The molecule has 0 radical (unpaired) electrons. The number of carbonyl (C=O) groups is 1. The maximum atomic E-state index is 10.5. The Labute approximate surface area is 91.7 Å². The van der Waals surface area contributed by atoms with Gasteiger partial charge in [0, 0.05) is 0 Å². The van der Waals surface area contributed by atoms with E-state index >= 15 is 0 Å². The zero-order valence-electron chi connectivity index (χ0n) is 6.92. The lowest BCUT2D eigenvalue weighted by Gasteiger charge is -2.11. The minimum Gasteiger partial charge on any atom is -0.481 e. The molecule has 0 aliphatic carbocycles. The Hall–Kier alpha value is -0.530. The maximum Gasteiger partial charge on any atom is 0.306 e. The van der Waals surface area contributed by atoms with Gasteiger partial charge in [0.2, 0.25) is 0 Å². The molecule has 0 bridgehead atoms. The van der Waals surface area contributed by atoms with Crippen molar-refractivity contribution in [3.8, 4) is 0 Å². The van der Waals surface area contributed by atoms with Crippen molar-refractivity contribution in [1.29, 1.82) is 0 Å². The molecule has 0 amide bonds. The summed E-state index contributed by atoms with van der Waals surface area (Å²) in [6.45, 7) is 6.01. The molecule has 0 heterocycles. The van der Waals surface area contributed by atoms with Gasteiger partial charge in [0.25, 0.3) is 0 Å².